The number of aliphatic carboxylic acids is 1. The minimum atomic E-state index is -1.29. The van der Waals surface area contributed by atoms with E-state index in [-0.39, 0.29) is 17.2 Å². The van der Waals surface area contributed by atoms with Crippen LogP contribution in [0.15, 0.2) is 52.6 Å². The number of carboxylic acid groups (broad SMARTS) is 1. The Bertz CT molecular complexity index is 818. The smallest absolute Gasteiger partial charge is 0.352 e. The van der Waals surface area contributed by atoms with E-state index in [1.165, 1.54) is 18.2 Å². The Morgan fingerprint density at radius 2 is 1.92 bits per heavy atom. The van der Waals surface area contributed by atoms with Crippen LogP contribution in [0.1, 0.15) is 22.8 Å². The minimum absolute atomic E-state index is 0.0794. The molecular formula is C18H16BrNO5. The van der Waals surface area contributed by atoms with Gasteiger partial charge >= 0.3 is 5.97 Å². The number of halogens is 1. The summed E-state index contributed by atoms with van der Waals surface area (Å²) in [4.78, 5) is 23.6. The first-order chi connectivity index (χ1) is 11.9. The number of phenols is 1. The number of carboxylic acids is 1. The van der Waals surface area contributed by atoms with Crippen molar-refractivity contribution in [1.29, 1.82) is 0 Å². The van der Waals surface area contributed by atoms with E-state index in [9.17, 15) is 19.8 Å². The van der Waals surface area contributed by atoms with Crippen LogP contribution in [0, 0.1) is 0 Å². The molecule has 0 heterocycles. The maximum Gasteiger partial charge on any atom is 0.352 e. The Balaban J connectivity index is 2.34. The van der Waals surface area contributed by atoms with Crippen LogP contribution in [0.3, 0.4) is 0 Å². The fourth-order valence-corrected chi connectivity index (χ4v) is 2.50. The lowest BCUT2D eigenvalue weighted by atomic mass is 10.1. The summed E-state index contributed by atoms with van der Waals surface area (Å²) in [6, 6.07) is 11.3. The van der Waals surface area contributed by atoms with E-state index in [1.807, 2.05) is 0 Å². The molecule has 0 spiro atoms. The van der Waals surface area contributed by atoms with Crippen LogP contribution in [0.2, 0.25) is 0 Å². The van der Waals surface area contributed by atoms with Crippen LogP contribution in [0.25, 0.3) is 6.08 Å². The van der Waals surface area contributed by atoms with Crippen LogP contribution in [-0.2, 0) is 4.79 Å². The summed E-state index contributed by atoms with van der Waals surface area (Å²) in [5, 5.41) is 21.6. The number of ether oxygens (including phenoxy) is 1. The molecule has 2 aromatic rings. The predicted molar refractivity (Wildman–Crippen MR) is 96.5 cm³/mol. The molecule has 0 atom stereocenters. The molecule has 2 aromatic carbocycles. The van der Waals surface area contributed by atoms with Crippen molar-refractivity contribution in [1.82, 2.24) is 5.32 Å². The highest BCUT2D eigenvalue weighted by Gasteiger charge is 2.15. The molecule has 2 rings (SSSR count). The third-order valence-corrected chi connectivity index (χ3v) is 3.78. The van der Waals surface area contributed by atoms with Gasteiger partial charge in [0.05, 0.1) is 11.1 Å². The largest absolute Gasteiger partial charge is 0.503 e. The number of phenolic OH excluding ortho intramolecular Hbond substituents is 1. The SMILES string of the molecule is CCOc1cc(/C=C(/NC(=O)c2ccccc2)C(=O)O)cc(Br)c1O. The van der Waals surface area contributed by atoms with Crippen LogP contribution < -0.4 is 10.1 Å². The van der Waals surface area contributed by atoms with E-state index >= 15 is 0 Å². The van der Waals surface area contributed by atoms with Crippen molar-refractivity contribution in [2.24, 2.45) is 0 Å². The molecule has 0 unspecified atom stereocenters. The molecule has 0 aliphatic heterocycles. The third-order valence-electron chi connectivity index (χ3n) is 3.18. The van der Waals surface area contributed by atoms with Gasteiger partial charge < -0.3 is 20.3 Å². The van der Waals surface area contributed by atoms with E-state index in [0.717, 1.165) is 0 Å². The lowest BCUT2D eigenvalue weighted by Gasteiger charge is -2.10. The van der Waals surface area contributed by atoms with Crippen molar-refractivity contribution >= 4 is 33.9 Å². The molecule has 0 radical (unpaired) electrons. The van der Waals surface area contributed by atoms with E-state index in [4.69, 9.17) is 4.74 Å². The average Bonchev–Trinajstić information content (AvgIpc) is 2.59. The summed E-state index contributed by atoms with van der Waals surface area (Å²) >= 11 is 3.19. The van der Waals surface area contributed by atoms with Gasteiger partial charge in [0, 0.05) is 5.56 Å². The standard InChI is InChI=1S/C18H16BrNO5/c1-2-25-15-10-11(8-13(19)16(15)21)9-14(18(23)24)20-17(22)12-6-4-3-5-7-12/h3-10,21H,2H2,1H3,(H,20,22)(H,23,24)/b14-9+. The number of amides is 1. The van der Waals surface area contributed by atoms with Gasteiger partial charge in [-0.25, -0.2) is 4.79 Å². The summed E-state index contributed by atoms with van der Waals surface area (Å²) in [6.45, 7) is 2.10. The Hall–Kier alpha value is -2.80. The highest BCUT2D eigenvalue weighted by Crippen LogP contribution is 2.36. The van der Waals surface area contributed by atoms with Gasteiger partial charge in [-0.05, 0) is 58.8 Å². The summed E-state index contributed by atoms with van der Waals surface area (Å²) < 4.78 is 5.66. The molecule has 130 valence electrons. The van der Waals surface area contributed by atoms with Gasteiger partial charge in [0.15, 0.2) is 11.5 Å². The Labute approximate surface area is 152 Å². The lowest BCUT2D eigenvalue weighted by molar-refractivity contribution is -0.132. The molecule has 0 fully saturated rings. The molecule has 0 aliphatic rings. The van der Waals surface area contributed by atoms with Crippen LogP contribution in [0.5, 0.6) is 11.5 Å². The molecule has 0 bridgehead atoms. The normalized spacial score (nSPS) is 11.0. The number of benzene rings is 2. The number of carbonyl (C=O) groups is 2. The highest BCUT2D eigenvalue weighted by molar-refractivity contribution is 9.10. The first-order valence-corrected chi connectivity index (χ1v) is 8.18. The van der Waals surface area contributed by atoms with Gasteiger partial charge in [-0.2, -0.15) is 0 Å². The molecule has 0 saturated carbocycles. The molecule has 7 heteroatoms. The van der Waals surface area contributed by atoms with Crippen molar-refractivity contribution in [2.45, 2.75) is 6.92 Å². The quantitative estimate of drug-likeness (QED) is 0.639. The average molecular weight is 406 g/mol. The van der Waals surface area contributed by atoms with Gasteiger partial charge in [-0.3, -0.25) is 4.79 Å². The zero-order chi connectivity index (χ0) is 18.4. The number of carbonyl (C=O) groups excluding carboxylic acids is 1. The van der Waals surface area contributed by atoms with E-state index < -0.39 is 11.9 Å². The monoisotopic (exact) mass is 405 g/mol. The lowest BCUT2D eigenvalue weighted by Crippen LogP contribution is -2.27. The zero-order valence-corrected chi connectivity index (χ0v) is 14.9. The van der Waals surface area contributed by atoms with Crippen molar-refractivity contribution in [3.05, 3.63) is 63.8 Å². The van der Waals surface area contributed by atoms with E-state index in [1.54, 1.807) is 37.3 Å². The number of aromatic hydroxyl groups is 1. The highest BCUT2D eigenvalue weighted by atomic mass is 79.9. The summed E-state index contributed by atoms with van der Waals surface area (Å²) in [5.41, 5.74) is 0.490. The summed E-state index contributed by atoms with van der Waals surface area (Å²) in [6.07, 6.45) is 1.29. The molecular weight excluding hydrogens is 390 g/mol. The maximum atomic E-state index is 12.2. The second-order valence-electron chi connectivity index (χ2n) is 4.97. The molecule has 6 nitrogen and oxygen atoms in total. The molecule has 25 heavy (non-hydrogen) atoms. The Morgan fingerprint density at radius 1 is 1.24 bits per heavy atom. The van der Waals surface area contributed by atoms with Crippen LogP contribution in [0.4, 0.5) is 0 Å². The van der Waals surface area contributed by atoms with Gasteiger partial charge in [0.2, 0.25) is 0 Å². The van der Waals surface area contributed by atoms with Gasteiger partial charge in [0.1, 0.15) is 5.70 Å². The van der Waals surface area contributed by atoms with Crippen molar-refractivity contribution in [2.75, 3.05) is 6.61 Å². The summed E-state index contributed by atoms with van der Waals surface area (Å²) in [7, 11) is 0. The zero-order valence-electron chi connectivity index (χ0n) is 13.3. The van der Waals surface area contributed by atoms with Gasteiger partial charge in [-0.15, -0.1) is 0 Å². The first-order valence-electron chi connectivity index (χ1n) is 7.39. The maximum absolute atomic E-state index is 12.2. The van der Waals surface area contributed by atoms with Gasteiger partial charge in [0.25, 0.3) is 5.91 Å². The fraction of sp³-hybridized carbons (Fsp3) is 0.111. The summed E-state index contributed by atoms with van der Waals surface area (Å²) in [5.74, 6) is -1.69. The second kappa shape index (κ2) is 8.34. The number of nitrogens with one attached hydrogen (secondary N) is 1. The molecule has 0 aliphatic carbocycles. The molecule has 1 amide bonds. The molecule has 0 saturated heterocycles. The Kier molecular flexibility index (Phi) is 6.19. The van der Waals surface area contributed by atoms with Crippen molar-refractivity contribution in [3.8, 4) is 11.5 Å². The van der Waals surface area contributed by atoms with Crippen molar-refractivity contribution in [3.63, 3.8) is 0 Å². The first kappa shape index (κ1) is 18.5. The molecule has 3 N–H and O–H groups in total. The molecule has 0 aromatic heterocycles. The number of hydrogen-bond donors (Lipinski definition) is 3. The van der Waals surface area contributed by atoms with Gasteiger partial charge in [-0.1, -0.05) is 18.2 Å². The predicted octanol–water partition coefficient (Wildman–Crippen LogP) is 3.41. The fourth-order valence-electron chi connectivity index (χ4n) is 2.04. The number of hydrogen-bond acceptors (Lipinski definition) is 4. The Morgan fingerprint density at radius 3 is 2.52 bits per heavy atom. The second-order valence-corrected chi connectivity index (χ2v) is 5.82. The van der Waals surface area contributed by atoms with Crippen LogP contribution >= 0.6 is 15.9 Å². The topological polar surface area (TPSA) is 95.9 Å². The van der Waals surface area contributed by atoms with E-state index in [2.05, 4.69) is 21.2 Å². The minimum Gasteiger partial charge on any atom is -0.503 e. The van der Waals surface area contributed by atoms with E-state index in [0.29, 0.717) is 22.2 Å². The number of rotatable bonds is 6. The van der Waals surface area contributed by atoms with Crippen LogP contribution in [-0.4, -0.2) is 28.7 Å². The third kappa shape index (κ3) is 4.84. The van der Waals surface area contributed by atoms with Crippen molar-refractivity contribution < 1.29 is 24.5 Å².